The van der Waals surface area contributed by atoms with Gasteiger partial charge >= 0.3 is 12.4 Å². The van der Waals surface area contributed by atoms with E-state index in [-0.39, 0.29) is 0 Å². The molecule has 0 aliphatic rings. The minimum Gasteiger partial charge on any atom is -0.357 e. The maximum Gasteiger partial charge on any atom is 0.420 e. The number of aromatic nitrogens is 2. The van der Waals surface area contributed by atoms with Crippen LogP contribution in [0.4, 0.5) is 26.3 Å². The lowest BCUT2D eigenvalue weighted by molar-refractivity contribution is -0.163. The Hall–Kier alpha value is -2.19. The molecule has 0 radical (unpaired) electrons. The molecule has 0 spiro atoms. The Balaban J connectivity index is 2.57. The van der Waals surface area contributed by atoms with Gasteiger partial charge in [-0.05, 0) is 18.2 Å². The summed E-state index contributed by atoms with van der Waals surface area (Å²) in [4.78, 5) is 5.33. The first-order valence-electron chi connectivity index (χ1n) is 5.15. The molecule has 108 valence electrons. The van der Waals surface area contributed by atoms with Crippen LogP contribution in [-0.4, -0.2) is 9.94 Å². The molecule has 0 unspecified atom stereocenters. The molecule has 0 saturated heterocycles. The van der Waals surface area contributed by atoms with E-state index in [0.29, 0.717) is 10.9 Å². The van der Waals surface area contributed by atoms with Gasteiger partial charge in [0.05, 0.1) is 18.0 Å². The summed E-state index contributed by atoms with van der Waals surface area (Å²) >= 11 is 0. The van der Waals surface area contributed by atoms with E-state index in [1.54, 1.807) is 0 Å². The van der Waals surface area contributed by atoms with Crippen molar-refractivity contribution >= 4 is 0 Å². The van der Waals surface area contributed by atoms with Crippen LogP contribution < -0.4 is 4.84 Å². The summed E-state index contributed by atoms with van der Waals surface area (Å²) in [5.74, 6) is -0.976. The second-order valence-electron chi connectivity index (χ2n) is 3.67. The van der Waals surface area contributed by atoms with Crippen molar-refractivity contribution < 1.29 is 31.2 Å². The highest BCUT2D eigenvalue weighted by Gasteiger charge is 2.45. The van der Waals surface area contributed by atoms with Gasteiger partial charge in [-0.15, -0.1) is 9.94 Å². The molecule has 20 heavy (non-hydrogen) atoms. The third-order valence-corrected chi connectivity index (χ3v) is 2.29. The lowest BCUT2D eigenvalue weighted by Gasteiger charge is -2.18. The van der Waals surface area contributed by atoms with E-state index in [2.05, 4.69) is 5.10 Å². The number of benzene rings is 1. The van der Waals surface area contributed by atoms with E-state index >= 15 is 0 Å². The molecule has 0 atom stereocenters. The van der Waals surface area contributed by atoms with Gasteiger partial charge in [0.1, 0.15) is 5.56 Å². The zero-order valence-corrected chi connectivity index (χ0v) is 9.53. The van der Waals surface area contributed by atoms with E-state index in [1.165, 1.54) is 12.3 Å². The van der Waals surface area contributed by atoms with Crippen molar-refractivity contribution in [3.05, 3.63) is 47.8 Å². The second-order valence-corrected chi connectivity index (χ2v) is 3.67. The standard InChI is InChI=1S/C11H6F6N2O/c12-10(13,14)7-3-1-4-8(9(7)11(15,16)17)20-19-6-2-5-18-19/h1-6H. The Bertz CT molecular complexity index is 588. The first-order chi connectivity index (χ1) is 9.19. The molecule has 0 fully saturated rings. The van der Waals surface area contributed by atoms with Crippen LogP contribution in [0.1, 0.15) is 11.1 Å². The average Bonchev–Trinajstić information content (AvgIpc) is 2.79. The maximum atomic E-state index is 12.9. The molecule has 0 amide bonds. The van der Waals surface area contributed by atoms with Gasteiger partial charge in [-0.25, -0.2) is 0 Å². The van der Waals surface area contributed by atoms with Crippen molar-refractivity contribution in [1.29, 1.82) is 0 Å². The van der Waals surface area contributed by atoms with Crippen LogP contribution in [0.25, 0.3) is 0 Å². The van der Waals surface area contributed by atoms with Crippen LogP contribution in [0, 0.1) is 0 Å². The maximum absolute atomic E-state index is 12.9. The third-order valence-electron chi connectivity index (χ3n) is 2.29. The molecule has 2 rings (SSSR count). The second kappa shape index (κ2) is 4.73. The smallest absolute Gasteiger partial charge is 0.357 e. The summed E-state index contributed by atoms with van der Waals surface area (Å²) in [7, 11) is 0. The highest BCUT2D eigenvalue weighted by Crippen LogP contribution is 2.44. The van der Waals surface area contributed by atoms with Crippen molar-refractivity contribution in [3.63, 3.8) is 0 Å². The van der Waals surface area contributed by atoms with Crippen LogP contribution in [0.2, 0.25) is 0 Å². The number of alkyl halides is 6. The van der Waals surface area contributed by atoms with E-state index < -0.39 is 29.2 Å². The van der Waals surface area contributed by atoms with Gasteiger partial charge in [-0.1, -0.05) is 6.07 Å². The van der Waals surface area contributed by atoms with Crippen molar-refractivity contribution in [2.75, 3.05) is 0 Å². The topological polar surface area (TPSA) is 27.1 Å². The molecule has 1 aromatic carbocycles. The Morgan fingerprint density at radius 1 is 0.950 bits per heavy atom. The molecule has 0 aliphatic carbocycles. The normalized spacial score (nSPS) is 12.5. The van der Waals surface area contributed by atoms with Gasteiger partial charge in [0.15, 0.2) is 5.75 Å². The summed E-state index contributed by atoms with van der Waals surface area (Å²) in [6, 6.07) is 3.32. The Morgan fingerprint density at radius 3 is 2.15 bits per heavy atom. The zero-order valence-electron chi connectivity index (χ0n) is 9.53. The number of hydrogen-bond donors (Lipinski definition) is 0. The first-order valence-corrected chi connectivity index (χ1v) is 5.15. The van der Waals surface area contributed by atoms with Crippen LogP contribution in [0.15, 0.2) is 36.7 Å². The summed E-state index contributed by atoms with van der Waals surface area (Å²) in [5, 5.41) is 3.47. The molecule has 0 saturated carbocycles. The van der Waals surface area contributed by atoms with E-state index in [0.717, 1.165) is 18.3 Å². The lowest BCUT2D eigenvalue weighted by atomic mass is 10.1. The van der Waals surface area contributed by atoms with Crippen LogP contribution in [-0.2, 0) is 12.4 Å². The van der Waals surface area contributed by atoms with E-state index in [4.69, 9.17) is 4.84 Å². The monoisotopic (exact) mass is 296 g/mol. The molecule has 0 N–H and O–H groups in total. The predicted octanol–water partition coefficient (Wildman–Crippen LogP) is 3.76. The molecule has 1 heterocycles. The number of hydrogen-bond acceptors (Lipinski definition) is 2. The highest BCUT2D eigenvalue weighted by atomic mass is 19.4. The van der Waals surface area contributed by atoms with Crippen molar-refractivity contribution in [2.24, 2.45) is 0 Å². The average molecular weight is 296 g/mol. The Kier molecular flexibility index (Phi) is 3.36. The Morgan fingerprint density at radius 2 is 1.65 bits per heavy atom. The Labute approximate surface area is 108 Å². The largest absolute Gasteiger partial charge is 0.420 e. The molecular weight excluding hydrogens is 290 g/mol. The van der Waals surface area contributed by atoms with Crippen molar-refractivity contribution in [3.8, 4) is 5.75 Å². The van der Waals surface area contributed by atoms with Crippen molar-refractivity contribution in [2.45, 2.75) is 12.4 Å². The predicted molar refractivity (Wildman–Crippen MR) is 54.7 cm³/mol. The molecule has 0 aliphatic heterocycles. The fourth-order valence-electron chi connectivity index (χ4n) is 1.55. The molecular formula is C11H6F6N2O. The fourth-order valence-corrected chi connectivity index (χ4v) is 1.55. The summed E-state index contributed by atoms with van der Waals surface area (Å²) in [6.07, 6.45) is -8.00. The van der Waals surface area contributed by atoms with Gasteiger partial charge < -0.3 is 4.84 Å². The first kappa shape index (κ1) is 14.2. The van der Waals surface area contributed by atoms with E-state index in [1.807, 2.05) is 0 Å². The molecule has 0 bridgehead atoms. The zero-order chi connectivity index (χ0) is 15.0. The fraction of sp³-hybridized carbons (Fsp3) is 0.182. The van der Waals surface area contributed by atoms with Gasteiger partial charge in [-0.3, -0.25) is 0 Å². The molecule has 1 aromatic heterocycles. The minimum absolute atomic E-state index is 0.346. The summed E-state index contributed by atoms with van der Waals surface area (Å²) in [6.45, 7) is 0. The summed E-state index contributed by atoms with van der Waals surface area (Å²) < 4.78 is 76.6. The SMILES string of the molecule is FC(F)(F)c1cccc(On2cccn2)c1C(F)(F)F. The number of halogens is 6. The van der Waals surface area contributed by atoms with Gasteiger partial charge in [0.2, 0.25) is 0 Å². The van der Waals surface area contributed by atoms with Gasteiger partial charge in [0.25, 0.3) is 0 Å². The minimum atomic E-state index is -5.21. The van der Waals surface area contributed by atoms with Crippen molar-refractivity contribution in [1.82, 2.24) is 9.94 Å². The lowest BCUT2D eigenvalue weighted by Crippen LogP contribution is -2.19. The molecule has 9 heteroatoms. The highest BCUT2D eigenvalue weighted by molar-refractivity contribution is 5.43. The quantitative estimate of drug-likeness (QED) is 0.789. The third kappa shape index (κ3) is 2.86. The molecule has 3 nitrogen and oxygen atoms in total. The van der Waals surface area contributed by atoms with Crippen LogP contribution in [0.5, 0.6) is 5.75 Å². The summed E-state index contributed by atoms with van der Waals surface area (Å²) in [5.41, 5.74) is -3.70. The molecule has 2 aromatic rings. The van der Waals surface area contributed by atoms with E-state index in [9.17, 15) is 26.3 Å². The van der Waals surface area contributed by atoms with Gasteiger partial charge in [-0.2, -0.15) is 26.3 Å². The number of rotatable bonds is 2. The van der Waals surface area contributed by atoms with Gasteiger partial charge in [0, 0.05) is 0 Å². The number of nitrogens with zero attached hydrogens (tertiary/aromatic N) is 2. The van der Waals surface area contributed by atoms with Crippen LogP contribution in [0.3, 0.4) is 0 Å². The van der Waals surface area contributed by atoms with Crippen LogP contribution >= 0.6 is 0 Å².